The van der Waals surface area contributed by atoms with E-state index >= 15 is 0 Å². The molecule has 2 nitrogen and oxygen atoms in total. The van der Waals surface area contributed by atoms with Crippen LogP contribution in [-0.2, 0) is 0 Å². The topological polar surface area (TPSA) is 16.4 Å². The molecule has 1 aromatic heterocycles. The Hall–Kier alpha value is -7.68. The number of hydrogen-bond acceptors (Lipinski definition) is 2. The number of hydrogen-bond donors (Lipinski definition) is 0. The van der Waals surface area contributed by atoms with Crippen molar-refractivity contribution in [3.05, 3.63) is 224 Å². The number of furan rings is 1. The molecule has 272 valence electrons. The molecule has 0 fully saturated rings. The van der Waals surface area contributed by atoms with E-state index < -0.39 is 0 Å². The lowest BCUT2D eigenvalue weighted by atomic mass is 9.91. The Labute approximate surface area is 337 Å². The molecule has 1 heterocycles. The average Bonchev–Trinajstić information content (AvgIpc) is 3.69. The Balaban J connectivity index is 1.10. The van der Waals surface area contributed by atoms with E-state index in [1.807, 2.05) is 0 Å². The summed E-state index contributed by atoms with van der Waals surface area (Å²) in [4.78, 5) is 2.39. The SMILES string of the molecule is c1ccc(-c2ccc(N(c3ccc(-c4ccccc4)cc3)c3ccc(-c4cc5c6cccc(-c7ccccc7)c6oc5c5ccccc45)c4ccccc34)cc2)cc1. The number of benzene rings is 10. The van der Waals surface area contributed by atoms with Gasteiger partial charge in [-0.05, 0) is 86.1 Å². The molecule has 11 aromatic rings. The minimum Gasteiger partial charge on any atom is -0.455 e. The fourth-order valence-corrected chi connectivity index (χ4v) is 8.70. The molecule has 0 N–H and O–H groups in total. The Morgan fingerprint density at radius 2 is 0.707 bits per heavy atom. The second kappa shape index (κ2) is 14.1. The summed E-state index contributed by atoms with van der Waals surface area (Å²) in [5.74, 6) is 0. The quantitative estimate of drug-likeness (QED) is 0.162. The molecule has 0 atom stereocenters. The van der Waals surface area contributed by atoms with Crippen LogP contribution in [0.3, 0.4) is 0 Å². The van der Waals surface area contributed by atoms with Crippen LogP contribution in [0.1, 0.15) is 0 Å². The first kappa shape index (κ1) is 33.6. The van der Waals surface area contributed by atoms with E-state index in [1.54, 1.807) is 0 Å². The highest BCUT2D eigenvalue weighted by Gasteiger charge is 2.21. The van der Waals surface area contributed by atoms with E-state index in [9.17, 15) is 0 Å². The first-order chi connectivity index (χ1) is 28.8. The summed E-state index contributed by atoms with van der Waals surface area (Å²) in [5, 5.41) is 6.87. The van der Waals surface area contributed by atoms with Gasteiger partial charge in [0, 0.05) is 38.5 Å². The van der Waals surface area contributed by atoms with E-state index in [1.165, 1.54) is 44.2 Å². The Bertz CT molecular complexity index is 3160. The summed E-state index contributed by atoms with van der Waals surface area (Å²) in [6.45, 7) is 0. The van der Waals surface area contributed by atoms with Crippen LogP contribution in [0.5, 0.6) is 0 Å². The largest absolute Gasteiger partial charge is 0.455 e. The van der Waals surface area contributed by atoms with E-state index in [2.05, 4.69) is 229 Å². The van der Waals surface area contributed by atoms with Crippen molar-refractivity contribution in [2.24, 2.45) is 0 Å². The molecular weight excluding hydrogens is 703 g/mol. The van der Waals surface area contributed by atoms with Crippen LogP contribution in [0.25, 0.3) is 88.0 Å². The van der Waals surface area contributed by atoms with Gasteiger partial charge in [0.05, 0.1) is 5.69 Å². The molecule has 0 aliphatic carbocycles. The monoisotopic (exact) mass is 739 g/mol. The third kappa shape index (κ3) is 5.74. The maximum atomic E-state index is 6.84. The lowest BCUT2D eigenvalue weighted by Gasteiger charge is -2.28. The molecule has 0 amide bonds. The fraction of sp³-hybridized carbons (Fsp3) is 0. The van der Waals surface area contributed by atoms with Crippen LogP contribution in [0.2, 0.25) is 0 Å². The smallest absolute Gasteiger partial charge is 0.143 e. The predicted molar refractivity (Wildman–Crippen MR) is 245 cm³/mol. The summed E-state index contributed by atoms with van der Waals surface area (Å²) < 4.78 is 6.84. The van der Waals surface area contributed by atoms with Crippen molar-refractivity contribution >= 4 is 60.5 Å². The fourth-order valence-electron chi connectivity index (χ4n) is 8.70. The van der Waals surface area contributed by atoms with Gasteiger partial charge in [0.25, 0.3) is 0 Å². The zero-order valence-electron chi connectivity index (χ0n) is 31.7. The van der Waals surface area contributed by atoms with Crippen LogP contribution >= 0.6 is 0 Å². The van der Waals surface area contributed by atoms with Crippen molar-refractivity contribution < 1.29 is 4.42 Å². The van der Waals surface area contributed by atoms with Crippen LogP contribution in [-0.4, -0.2) is 0 Å². The van der Waals surface area contributed by atoms with Crippen LogP contribution in [0.15, 0.2) is 229 Å². The molecule has 58 heavy (non-hydrogen) atoms. The molecule has 11 rings (SSSR count). The molecule has 0 aliphatic rings. The summed E-state index contributed by atoms with van der Waals surface area (Å²) in [6.07, 6.45) is 0. The maximum absolute atomic E-state index is 6.84. The Morgan fingerprint density at radius 1 is 0.259 bits per heavy atom. The zero-order chi connectivity index (χ0) is 38.4. The van der Waals surface area contributed by atoms with Crippen LogP contribution < -0.4 is 4.90 Å². The lowest BCUT2D eigenvalue weighted by Crippen LogP contribution is -2.10. The molecule has 10 aromatic carbocycles. The highest BCUT2D eigenvalue weighted by molar-refractivity contribution is 6.22. The van der Waals surface area contributed by atoms with E-state index in [-0.39, 0.29) is 0 Å². The third-order valence-electron chi connectivity index (χ3n) is 11.5. The molecule has 0 saturated carbocycles. The summed E-state index contributed by atoms with van der Waals surface area (Å²) in [6, 6.07) is 80.5. The number of para-hydroxylation sites is 1. The van der Waals surface area contributed by atoms with Crippen molar-refractivity contribution in [3.63, 3.8) is 0 Å². The van der Waals surface area contributed by atoms with Crippen molar-refractivity contribution in [2.45, 2.75) is 0 Å². The second-order valence-electron chi connectivity index (χ2n) is 14.8. The minimum atomic E-state index is 0.915. The van der Waals surface area contributed by atoms with Crippen LogP contribution in [0.4, 0.5) is 17.1 Å². The lowest BCUT2D eigenvalue weighted by molar-refractivity contribution is 0.674. The van der Waals surface area contributed by atoms with E-state index in [0.29, 0.717) is 0 Å². The van der Waals surface area contributed by atoms with Gasteiger partial charge in [-0.3, -0.25) is 0 Å². The highest BCUT2D eigenvalue weighted by Crippen LogP contribution is 2.47. The van der Waals surface area contributed by atoms with Gasteiger partial charge >= 0.3 is 0 Å². The molecule has 2 heteroatoms. The zero-order valence-corrected chi connectivity index (χ0v) is 31.7. The standard InChI is InChI=1S/C56H37NO/c1-4-15-38(16-5-1)40-27-31-43(32-28-40)57(44-33-29-41(30-34-44)39-17-6-2-7-18-39)54-36-35-48(46-21-10-12-23-49(46)54)52-37-53-51-26-14-25-45(42-19-8-3-9-20-42)55(51)58-56(53)50-24-13-11-22-47(50)52/h1-37H. The normalized spacial score (nSPS) is 11.4. The van der Waals surface area contributed by atoms with Crippen molar-refractivity contribution in [1.29, 1.82) is 0 Å². The maximum Gasteiger partial charge on any atom is 0.143 e. The van der Waals surface area contributed by atoms with Crippen molar-refractivity contribution in [3.8, 4) is 44.5 Å². The summed E-state index contributed by atoms with van der Waals surface area (Å²) >= 11 is 0. The Kier molecular flexibility index (Phi) is 8.19. The van der Waals surface area contributed by atoms with Crippen molar-refractivity contribution in [2.75, 3.05) is 4.90 Å². The minimum absolute atomic E-state index is 0.915. The molecule has 0 spiro atoms. The summed E-state index contributed by atoms with van der Waals surface area (Å²) in [5.41, 5.74) is 14.5. The molecule has 0 aliphatic heterocycles. The van der Waals surface area contributed by atoms with Gasteiger partial charge in [0.1, 0.15) is 11.2 Å². The second-order valence-corrected chi connectivity index (χ2v) is 14.8. The first-order valence-electron chi connectivity index (χ1n) is 19.8. The molecule has 0 bridgehead atoms. The molecular formula is C56H37NO. The van der Waals surface area contributed by atoms with E-state index in [0.717, 1.165) is 60.9 Å². The van der Waals surface area contributed by atoms with Gasteiger partial charge in [0.2, 0.25) is 0 Å². The average molecular weight is 740 g/mol. The highest BCUT2D eigenvalue weighted by atomic mass is 16.3. The van der Waals surface area contributed by atoms with E-state index in [4.69, 9.17) is 4.42 Å². The van der Waals surface area contributed by atoms with Gasteiger partial charge in [-0.15, -0.1) is 0 Å². The molecule has 0 saturated heterocycles. The Morgan fingerprint density at radius 3 is 1.29 bits per heavy atom. The first-order valence-corrected chi connectivity index (χ1v) is 19.8. The third-order valence-corrected chi connectivity index (χ3v) is 11.5. The van der Waals surface area contributed by atoms with Gasteiger partial charge in [0.15, 0.2) is 0 Å². The predicted octanol–water partition coefficient (Wildman–Crippen LogP) is 16.0. The van der Waals surface area contributed by atoms with Gasteiger partial charge in [-0.2, -0.15) is 0 Å². The molecule has 0 unspecified atom stereocenters. The number of fused-ring (bicyclic) bond motifs is 6. The molecule has 0 radical (unpaired) electrons. The van der Waals surface area contributed by atoms with Crippen LogP contribution in [0, 0.1) is 0 Å². The van der Waals surface area contributed by atoms with Gasteiger partial charge in [-0.1, -0.05) is 188 Å². The number of anilines is 3. The number of nitrogens with zero attached hydrogens (tertiary/aromatic N) is 1. The van der Waals surface area contributed by atoms with Gasteiger partial charge in [-0.25, -0.2) is 0 Å². The van der Waals surface area contributed by atoms with Gasteiger partial charge < -0.3 is 9.32 Å². The van der Waals surface area contributed by atoms with Crippen molar-refractivity contribution in [1.82, 2.24) is 0 Å². The number of rotatable bonds is 7. The summed E-state index contributed by atoms with van der Waals surface area (Å²) in [7, 11) is 0.